The zero-order valence-corrected chi connectivity index (χ0v) is 17.3. The number of nitrogens with zero attached hydrogens (tertiary/aromatic N) is 3. The quantitative estimate of drug-likeness (QED) is 0.637. The first-order chi connectivity index (χ1) is 13.9. The molecule has 0 N–H and O–H groups in total. The minimum Gasteiger partial charge on any atom is -0.428 e. The van der Waals surface area contributed by atoms with Crippen LogP contribution in [0.2, 0.25) is 0 Å². The summed E-state index contributed by atoms with van der Waals surface area (Å²) in [6.07, 6.45) is -6.39. The fraction of sp³-hybridized carbons (Fsp3) is 0.524. The second-order valence-corrected chi connectivity index (χ2v) is 8.60. The number of aromatic nitrogens is 2. The first-order valence-corrected chi connectivity index (χ1v) is 9.70. The average molecular weight is 427 g/mol. The molecule has 0 spiro atoms. The Kier molecular flexibility index (Phi) is 5.84. The Morgan fingerprint density at radius 3 is 2.47 bits per heavy atom. The molecule has 1 heterocycles. The van der Waals surface area contributed by atoms with E-state index in [-0.39, 0.29) is 11.0 Å². The molecule has 1 aromatic carbocycles. The highest BCUT2D eigenvalue weighted by Crippen LogP contribution is 2.31. The average Bonchev–Trinajstić information content (AvgIpc) is 3.40. The molecule has 0 saturated heterocycles. The molecule has 3 rings (SSSR count). The third kappa shape index (κ3) is 4.94. The molecule has 30 heavy (non-hydrogen) atoms. The van der Waals surface area contributed by atoms with Crippen molar-refractivity contribution in [2.75, 3.05) is 0 Å². The molecular weight excluding hydrogens is 402 g/mol. The maximum atomic E-state index is 13.2. The van der Waals surface area contributed by atoms with E-state index in [0.717, 1.165) is 37.2 Å². The maximum absolute atomic E-state index is 13.2. The molecule has 0 radical (unpaired) electrons. The first kappa shape index (κ1) is 22.1. The van der Waals surface area contributed by atoms with Gasteiger partial charge in [0.25, 0.3) is 5.91 Å². The number of alkyl halides is 4. The predicted molar refractivity (Wildman–Crippen MR) is 103 cm³/mol. The van der Waals surface area contributed by atoms with Gasteiger partial charge in [-0.2, -0.15) is 22.6 Å². The van der Waals surface area contributed by atoms with Crippen molar-refractivity contribution in [1.82, 2.24) is 9.36 Å². The van der Waals surface area contributed by atoms with Gasteiger partial charge in [0.1, 0.15) is 5.75 Å². The summed E-state index contributed by atoms with van der Waals surface area (Å²) in [6.45, 7) is 6.89. The first-order valence-electron chi connectivity index (χ1n) is 9.70. The molecule has 0 bridgehead atoms. The number of carbonyl (C=O) groups excluding carboxylic acids is 1. The second kappa shape index (κ2) is 7.92. The summed E-state index contributed by atoms with van der Waals surface area (Å²) in [5, 5.41) is 0. The summed E-state index contributed by atoms with van der Waals surface area (Å²) >= 11 is 0. The highest BCUT2D eigenvalue weighted by molar-refractivity contribution is 5.95. The second-order valence-electron chi connectivity index (χ2n) is 8.60. The van der Waals surface area contributed by atoms with E-state index in [9.17, 15) is 22.4 Å². The minimum atomic E-state index is -4.65. The van der Waals surface area contributed by atoms with Crippen molar-refractivity contribution in [2.45, 2.75) is 58.1 Å². The van der Waals surface area contributed by atoms with Crippen molar-refractivity contribution in [2.24, 2.45) is 18.0 Å². The van der Waals surface area contributed by atoms with Crippen molar-refractivity contribution < 1.29 is 27.1 Å². The lowest BCUT2D eigenvalue weighted by atomic mass is 9.92. The number of hydrogen-bond donors (Lipinski definition) is 0. The van der Waals surface area contributed by atoms with E-state index in [2.05, 4.69) is 30.5 Å². The van der Waals surface area contributed by atoms with Crippen LogP contribution in [-0.2, 0) is 19.0 Å². The van der Waals surface area contributed by atoms with Gasteiger partial charge in [-0.3, -0.25) is 14.2 Å². The minimum absolute atomic E-state index is 0.0308. The highest BCUT2D eigenvalue weighted by Gasteiger charge is 2.44. The van der Waals surface area contributed by atoms with Crippen LogP contribution in [0, 0.1) is 5.92 Å². The summed E-state index contributed by atoms with van der Waals surface area (Å²) in [6, 6.07) is 6.56. The molecule has 9 heteroatoms. The molecule has 1 aliphatic carbocycles. The molecule has 0 unspecified atom stereocenters. The van der Waals surface area contributed by atoms with Gasteiger partial charge in [-0.15, -0.1) is 0 Å². The zero-order chi connectivity index (χ0) is 22.3. The standard InChI is InChI=1S/C21H25F4N3O2/c1-20(2,3)16-11-17(28(27(16)4)12-13-8-9-13)26-18(29)14-6-5-7-15(10-14)30-21(24,25)19(22)23/h5-7,10-11,13,19H,8-9,12H2,1-4H3/b26-17+. The summed E-state index contributed by atoms with van der Waals surface area (Å²) in [4.78, 5) is 16.9. The molecule has 1 fully saturated rings. The van der Waals surface area contributed by atoms with Crippen molar-refractivity contribution in [3.05, 3.63) is 47.1 Å². The Hall–Kier alpha value is -2.58. The van der Waals surface area contributed by atoms with Gasteiger partial charge < -0.3 is 4.74 Å². The normalized spacial score (nSPS) is 15.7. The van der Waals surface area contributed by atoms with Gasteiger partial charge in [-0.1, -0.05) is 26.8 Å². The van der Waals surface area contributed by atoms with Gasteiger partial charge in [0.05, 0.1) is 0 Å². The summed E-state index contributed by atoms with van der Waals surface area (Å²) in [5.74, 6) is -0.666. The molecular formula is C21H25F4N3O2. The Bertz CT molecular complexity index is 998. The van der Waals surface area contributed by atoms with Crippen LogP contribution in [0.3, 0.4) is 0 Å². The molecule has 1 saturated carbocycles. The maximum Gasteiger partial charge on any atom is 0.461 e. The van der Waals surface area contributed by atoms with Crippen LogP contribution >= 0.6 is 0 Å². The Morgan fingerprint density at radius 1 is 1.23 bits per heavy atom. The fourth-order valence-corrected chi connectivity index (χ4v) is 3.19. The SMILES string of the molecule is Cn1c(C(C)(C)C)c/c(=N\C(=O)c2cccc(OC(F)(F)C(F)F)c2)n1CC1CC1. The van der Waals surface area contributed by atoms with Crippen LogP contribution < -0.4 is 10.2 Å². The highest BCUT2D eigenvalue weighted by atomic mass is 19.3. The summed E-state index contributed by atoms with van der Waals surface area (Å²) in [5.41, 5.74) is 1.24. The third-order valence-electron chi connectivity index (χ3n) is 4.94. The van der Waals surface area contributed by atoms with Crippen molar-refractivity contribution in [3.8, 4) is 5.75 Å². The van der Waals surface area contributed by atoms with Crippen LogP contribution in [0.4, 0.5) is 17.6 Å². The largest absolute Gasteiger partial charge is 0.461 e. The van der Waals surface area contributed by atoms with Crippen LogP contribution in [0.25, 0.3) is 0 Å². The lowest BCUT2D eigenvalue weighted by molar-refractivity contribution is -0.253. The Morgan fingerprint density at radius 2 is 1.90 bits per heavy atom. The number of rotatable bonds is 6. The van der Waals surface area contributed by atoms with Gasteiger partial charge >= 0.3 is 12.5 Å². The van der Waals surface area contributed by atoms with E-state index < -0.39 is 24.2 Å². The number of halogens is 4. The summed E-state index contributed by atoms with van der Waals surface area (Å²) in [7, 11) is 1.91. The number of amides is 1. The van der Waals surface area contributed by atoms with Crippen LogP contribution in [-0.4, -0.2) is 27.8 Å². The van der Waals surface area contributed by atoms with E-state index in [1.54, 1.807) is 0 Å². The van der Waals surface area contributed by atoms with Gasteiger partial charge in [-0.25, -0.2) is 0 Å². The topological polar surface area (TPSA) is 48.5 Å². The molecule has 1 aliphatic rings. The Balaban J connectivity index is 1.95. The van der Waals surface area contributed by atoms with Gasteiger partial charge in [0, 0.05) is 36.3 Å². The zero-order valence-electron chi connectivity index (χ0n) is 17.3. The predicted octanol–water partition coefficient (Wildman–Crippen LogP) is 4.51. The Labute approximate surface area is 172 Å². The fourth-order valence-electron chi connectivity index (χ4n) is 3.19. The van der Waals surface area contributed by atoms with Crippen molar-refractivity contribution in [1.29, 1.82) is 0 Å². The van der Waals surface area contributed by atoms with E-state index >= 15 is 0 Å². The number of hydrogen-bond acceptors (Lipinski definition) is 2. The van der Waals surface area contributed by atoms with E-state index in [4.69, 9.17) is 0 Å². The molecule has 2 aromatic rings. The summed E-state index contributed by atoms with van der Waals surface area (Å²) < 4.78 is 59.0. The van der Waals surface area contributed by atoms with Crippen molar-refractivity contribution >= 4 is 5.91 Å². The smallest absolute Gasteiger partial charge is 0.428 e. The van der Waals surface area contributed by atoms with Gasteiger partial charge in [-0.05, 0) is 37.0 Å². The molecule has 5 nitrogen and oxygen atoms in total. The van der Waals surface area contributed by atoms with E-state index in [0.29, 0.717) is 11.4 Å². The van der Waals surface area contributed by atoms with Crippen LogP contribution in [0.5, 0.6) is 5.75 Å². The van der Waals surface area contributed by atoms with Crippen LogP contribution in [0.15, 0.2) is 35.3 Å². The van der Waals surface area contributed by atoms with E-state index in [1.165, 1.54) is 12.1 Å². The molecule has 0 aliphatic heterocycles. The number of benzene rings is 1. The molecule has 164 valence electrons. The molecule has 1 amide bonds. The van der Waals surface area contributed by atoms with E-state index in [1.807, 2.05) is 22.5 Å². The molecule has 0 atom stereocenters. The lowest BCUT2D eigenvalue weighted by Gasteiger charge is -2.20. The monoisotopic (exact) mass is 427 g/mol. The number of ether oxygens (including phenoxy) is 1. The van der Waals surface area contributed by atoms with Crippen molar-refractivity contribution in [3.63, 3.8) is 0 Å². The van der Waals surface area contributed by atoms with Gasteiger partial charge in [0.15, 0.2) is 5.49 Å². The van der Waals surface area contributed by atoms with Crippen LogP contribution in [0.1, 0.15) is 49.7 Å². The number of carbonyl (C=O) groups is 1. The lowest BCUT2D eigenvalue weighted by Crippen LogP contribution is -2.33. The van der Waals surface area contributed by atoms with Gasteiger partial charge in [0.2, 0.25) is 0 Å². The molecule has 1 aromatic heterocycles. The third-order valence-corrected chi connectivity index (χ3v) is 4.94.